The van der Waals surface area contributed by atoms with E-state index >= 15 is 0 Å². The van der Waals surface area contributed by atoms with Crippen molar-refractivity contribution in [2.75, 3.05) is 11.9 Å². The summed E-state index contributed by atoms with van der Waals surface area (Å²) < 4.78 is 32.0. The van der Waals surface area contributed by atoms with Crippen LogP contribution in [0.4, 0.5) is 19.6 Å². The second-order valence-electron chi connectivity index (χ2n) is 7.78. The van der Waals surface area contributed by atoms with Crippen LogP contribution >= 0.6 is 11.3 Å². The van der Waals surface area contributed by atoms with Gasteiger partial charge in [0.15, 0.2) is 5.82 Å². The Morgan fingerprint density at radius 2 is 2.19 bits per heavy atom. The molecular formula is C21H23F2N5O3S. The van der Waals surface area contributed by atoms with E-state index < -0.39 is 12.4 Å². The average Bonchev–Trinajstić information content (AvgIpc) is 3.45. The topological polar surface area (TPSA) is 97.9 Å². The van der Waals surface area contributed by atoms with Gasteiger partial charge in [0, 0.05) is 23.9 Å². The highest BCUT2D eigenvalue weighted by molar-refractivity contribution is 7.17. The second kappa shape index (κ2) is 9.30. The fraction of sp³-hybridized carbons (Fsp3) is 0.524. The summed E-state index contributed by atoms with van der Waals surface area (Å²) in [4.78, 5) is 34.4. The molecule has 0 spiro atoms. The van der Waals surface area contributed by atoms with Gasteiger partial charge in [-0.3, -0.25) is 4.79 Å². The number of aryl methyl sites for hydroxylation is 2. The maximum atomic E-state index is 12.8. The van der Waals surface area contributed by atoms with Crippen molar-refractivity contribution in [3.8, 4) is 0 Å². The van der Waals surface area contributed by atoms with Crippen molar-refractivity contribution in [2.45, 2.75) is 51.5 Å². The smallest absolute Gasteiger partial charge is 0.341 e. The van der Waals surface area contributed by atoms with Gasteiger partial charge >= 0.3 is 5.97 Å². The van der Waals surface area contributed by atoms with Crippen molar-refractivity contribution in [1.29, 1.82) is 0 Å². The number of aliphatic imine (C=N–C) groups is 2. The highest BCUT2D eigenvalue weighted by Gasteiger charge is 2.34. The zero-order valence-electron chi connectivity index (χ0n) is 17.7. The molecule has 1 saturated carbocycles. The van der Waals surface area contributed by atoms with Crippen LogP contribution in [-0.2, 0) is 29.4 Å². The van der Waals surface area contributed by atoms with E-state index in [0.717, 1.165) is 29.7 Å². The monoisotopic (exact) mass is 463 g/mol. The minimum absolute atomic E-state index is 0.0234. The molecule has 2 heterocycles. The first-order chi connectivity index (χ1) is 15.4. The Balaban J connectivity index is 1.55. The number of amides is 1. The van der Waals surface area contributed by atoms with Gasteiger partial charge in [0.25, 0.3) is 6.43 Å². The number of rotatable bonds is 7. The summed E-state index contributed by atoms with van der Waals surface area (Å²) in [5, 5.41) is 7.15. The summed E-state index contributed by atoms with van der Waals surface area (Å²) in [5.74, 6) is -0.261. The molecule has 0 aromatic carbocycles. The summed E-state index contributed by atoms with van der Waals surface area (Å²) in [6.07, 6.45) is 0.975. The number of ether oxygens (including phenoxy) is 1. The second-order valence-corrected chi connectivity index (χ2v) is 8.89. The minimum atomic E-state index is -2.67. The largest absolute Gasteiger partial charge is 0.462 e. The fourth-order valence-electron chi connectivity index (χ4n) is 3.59. The summed E-state index contributed by atoms with van der Waals surface area (Å²) in [7, 11) is 1.52. The minimum Gasteiger partial charge on any atom is -0.462 e. The molecule has 1 amide bonds. The van der Waals surface area contributed by atoms with Crippen LogP contribution < -0.4 is 5.32 Å². The zero-order valence-corrected chi connectivity index (χ0v) is 18.5. The SMILES string of the molecule is CCOC(=O)c1c(NC(=O)C2CC2)sc2c1CC(N=C=Nc1cc(C(F)F)nn1C)CC2. The van der Waals surface area contributed by atoms with E-state index in [4.69, 9.17) is 4.74 Å². The van der Waals surface area contributed by atoms with Crippen LogP contribution in [0, 0.1) is 5.92 Å². The molecule has 0 saturated heterocycles. The van der Waals surface area contributed by atoms with Crippen LogP contribution in [-0.4, -0.2) is 40.3 Å². The van der Waals surface area contributed by atoms with Crippen molar-refractivity contribution in [3.63, 3.8) is 0 Å². The zero-order chi connectivity index (χ0) is 22.8. The number of anilines is 1. The molecule has 0 radical (unpaired) electrons. The molecule has 4 rings (SSSR count). The van der Waals surface area contributed by atoms with Crippen molar-refractivity contribution in [1.82, 2.24) is 9.78 Å². The summed E-state index contributed by atoms with van der Waals surface area (Å²) in [5.41, 5.74) is 0.890. The third kappa shape index (κ3) is 4.78. The number of esters is 1. The van der Waals surface area contributed by atoms with Crippen LogP contribution in [0.15, 0.2) is 16.1 Å². The van der Waals surface area contributed by atoms with Gasteiger partial charge in [-0.2, -0.15) is 10.1 Å². The third-order valence-corrected chi connectivity index (χ3v) is 6.61. The molecule has 1 N–H and O–H groups in total. The molecule has 32 heavy (non-hydrogen) atoms. The molecule has 0 aliphatic heterocycles. The lowest BCUT2D eigenvalue weighted by atomic mass is 9.92. The number of aromatic nitrogens is 2. The number of hydrogen-bond donors (Lipinski definition) is 1. The molecular weight excluding hydrogens is 440 g/mol. The Hall–Kier alpha value is -2.91. The van der Waals surface area contributed by atoms with Crippen LogP contribution in [0.5, 0.6) is 0 Å². The number of carbonyl (C=O) groups is 2. The lowest BCUT2D eigenvalue weighted by molar-refractivity contribution is -0.117. The third-order valence-electron chi connectivity index (χ3n) is 5.40. The number of hydrogen-bond acceptors (Lipinski definition) is 7. The van der Waals surface area contributed by atoms with E-state index in [1.54, 1.807) is 6.92 Å². The number of nitrogens with zero attached hydrogens (tertiary/aromatic N) is 4. The Bertz CT molecular complexity index is 1100. The summed E-state index contributed by atoms with van der Waals surface area (Å²) >= 11 is 1.42. The normalized spacial score (nSPS) is 17.5. The first kappa shape index (κ1) is 22.3. The maximum absolute atomic E-state index is 12.8. The Morgan fingerprint density at radius 1 is 1.41 bits per heavy atom. The predicted octanol–water partition coefficient (Wildman–Crippen LogP) is 4.31. The van der Waals surface area contributed by atoms with Gasteiger partial charge < -0.3 is 10.1 Å². The number of nitrogens with one attached hydrogen (secondary N) is 1. The molecule has 1 fully saturated rings. The van der Waals surface area contributed by atoms with Crippen LogP contribution in [0.2, 0.25) is 0 Å². The molecule has 2 aliphatic rings. The lowest BCUT2D eigenvalue weighted by Crippen LogP contribution is -2.20. The van der Waals surface area contributed by atoms with Crippen molar-refractivity contribution >= 4 is 40.0 Å². The number of alkyl halides is 2. The summed E-state index contributed by atoms with van der Waals surface area (Å²) in [6, 6.07) is 3.61. The number of halogens is 2. The predicted molar refractivity (Wildman–Crippen MR) is 115 cm³/mol. The Kier molecular flexibility index (Phi) is 6.48. The number of thiophene rings is 1. The first-order valence-corrected chi connectivity index (χ1v) is 11.3. The molecule has 170 valence electrons. The standard InChI is InChI=1S/C21H23F2N5O3S/c1-3-31-21(30)17-13-8-12(24-10-25-16-9-14(18(22)23)27-28(16)2)6-7-15(13)32-20(17)26-19(29)11-4-5-11/h9,11-12,18H,3-8H2,1-2H3,(H,26,29). The molecule has 8 nitrogen and oxygen atoms in total. The lowest BCUT2D eigenvalue weighted by Gasteiger charge is -2.18. The quantitative estimate of drug-likeness (QED) is 0.489. The average molecular weight is 464 g/mol. The highest BCUT2D eigenvalue weighted by Crippen LogP contribution is 2.40. The van der Waals surface area contributed by atoms with Crippen LogP contribution in [0.1, 0.15) is 59.1 Å². The molecule has 0 bridgehead atoms. The number of fused-ring (bicyclic) bond motifs is 1. The van der Waals surface area contributed by atoms with Crippen LogP contribution in [0.25, 0.3) is 0 Å². The van der Waals surface area contributed by atoms with Gasteiger partial charge in [-0.1, -0.05) is 0 Å². The Morgan fingerprint density at radius 3 is 2.84 bits per heavy atom. The highest BCUT2D eigenvalue weighted by atomic mass is 32.1. The molecule has 11 heteroatoms. The van der Waals surface area contributed by atoms with Crippen molar-refractivity contribution in [2.24, 2.45) is 23.0 Å². The van der Waals surface area contributed by atoms with E-state index in [1.807, 2.05) is 0 Å². The first-order valence-electron chi connectivity index (χ1n) is 10.5. The van der Waals surface area contributed by atoms with Gasteiger partial charge in [-0.05, 0) is 44.6 Å². The molecule has 1 unspecified atom stereocenters. The van der Waals surface area contributed by atoms with E-state index in [-0.39, 0.29) is 36.0 Å². The van der Waals surface area contributed by atoms with Crippen molar-refractivity contribution < 1.29 is 23.1 Å². The number of carbonyl (C=O) groups excluding carboxylic acids is 2. The van der Waals surface area contributed by atoms with Crippen molar-refractivity contribution in [3.05, 3.63) is 27.8 Å². The van der Waals surface area contributed by atoms with E-state index in [0.29, 0.717) is 23.4 Å². The molecule has 2 aromatic heterocycles. The van der Waals surface area contributed by atoms with E-state index in [2.05, 4.69) is 26.4 Å². The van der Waals surface area contributed by atoms with E-state index in [9.17, 15) is 18.4 Å². The van der Waals surface area contributed by atoms with Crippen LogP contribution in [0.3, 0.4) is 0 Å². The van der Waals surface area contributed by atoms with E-state index in [1.165, 1.54) is 29.1 Å². The molecule has 2 aliphatic carbocycles. The van der Waals surface area contributed by atoms with Gasteiger partial charge in [0.2, 0.25) is 5.91 Å². The maximum Gasteiger partial charge on any atom is 0.341 e. The van der Waals surface area contributed by atoms with Gasteiger partial charge in [0.05, 0.1) is 24.2 Å². The van der Waals surface area contributed by atoms with Gasteiger partial charge in [-0.25, -0.2) is 23.2 Å². The Labute approximate surface area is 187 Å². The van der Waals surface area contributed by atoms with Gasteiger partial charge in [0.1, 0.15) is 10.7 Å². The van der Waals surface area contributed by atoms with Gasteiger partial charge in [-0.15, -0.1) is 11.3 Å². The molecule has 2 aromatic rings. The fourth-order valence-corrected chi connectivity index (χ4v) is 4.83. The molecule has 1 atom stereocenters. The summed E-state index contributed by atoms with van der Waals surface area (Å²) in [6.45, 7) is 1.97.